The topological polar surface area (TPSA) is 90.2 Å². The maximum absolute atomic E-state index is 5.45. The van der Waals surface area contributed by atoms with Crippen LogP contribution in [0, 0.1) is 0 Å². The molecule has 7 heteroatoms. The lowest BCUT2D eigenvalue weighted by atomic mass is 10.1. The van der Waals surface area contributed by atoms with Crippen molar-refractivity contribution in [1.29, 1.82) is 0 Å². The third-order valence-corrected chi connectivity index (χ3v) is 3.89. The fourth-order valence-electron chi connectivity index (χ4n) is 2.20. The number of guanidine groups is 1. The summed E-state index contributed by atoms with van der Waals surface area (Å²) in [6.45, 7) is 0. The first-order chi connectivity index (χ1) is 10.7. The van der Waals surface area contributed by atoms with Crippen LogP contribution in [0.3, 0.4) is 0 Å². The highest BCUT2D eigenvalue weighted by molar-refractivity contribution is 7.98. The van der Waals surface area contributed by atoms with Gasteiger partial charge in [-0.05, 0) is 24.5 Å². The Bertz CT molecular complexity index is 848. The van der Waals surface area contributed by atoms with Gasteiger partial charge in [0.1, 0.15) is 0 Å². The SMILES string of the molecule is CSc1ccc2nc(N=C(N)N)nc(-c3ccccc3)c2c1.Cl. The van der Waals surface area contributed by atoms with E-state index in [1.54, 1.807) is 11.8 Å². The zero-order chi connectivity index (χ0) is 15.5. The molecule has 0 fully saturated rings. The lowest BCUT2D eigenvalue weighted by Gasteiger charge is -2.08. The molecular formula is C16H16ClN5S. The molecule has 0 amide bonds. The van der Waals surface area contributed by atoms with Crippen LogP contribution in [0.1, 0.15) is 0 Å². The maximum atomic E-state index is 5.45. The Morgan fingerprint density at radius 1 is 1.04 bits per heavy atom. The van der Waals surface area contributed by atoms with E-state index in [4.69, 9.17) is 11.5 Å². The molecule has 2 aromatic carbocycles. The minimum absolute atomic E-state index is 0. The standard InChI is InChI=1S/C16H15N5S.ClH/c1-22-11-7-8-13-12(9-11)14(10-5-3-2-4-6-10)20-16(19-13)21-15(17)18;/h2-9H,1H3,(H4,17,18,19,20,21);1H. The summed E-state index contributed by atoms with van der Waals surface area (Å²) in [6.07, 6.45) is 2.04. The summed E-state index contributed by atoms with van der Waals surface area (Å²) in [5.74, 6) is 0.211. The predicted octanol–water partition coefficient (Wildman–Crippen LogP) is 3.35. The molecule has 5 nitrogen and oxygen atoms in total. The molecule has 0 atom stereocenters. The summed E-state index contributed by atoms with van der Waals surface area (Å²) in [6, 6.07) is 16.0. The Morgan fingerprint density at radius 2 is 1.78 bits per heavy atom. The summed E-state index contributed by atoms with van der Waals surface area (Å²) in [5, 5.41) is 0.979. The van der Waals surface area contributed by atoms with Crippen LogP contribution in [0.5, 0.6) is 0 Å². The van der Waals surface area contributed by atoms with Gasteiger partial charge in [-0.1, -0.05) is 30.3 Å². The monoisotopic (exact) mass is 345 g/mol. The molecular weight excluding hydrogens is 330 g/mol. The van der Waals surface area contributed by atoms with Gasteiger partial charge >= 0.3 is 0 Å². The maximum Gasteiger partial charge on any atom is 0.253 e. The van der Waals surface area contributed by atoms with E-state index in [2.05, 4.69) is 21.0 Å². The number of nitrogens with zero attached hydrogens (tertiary/aromatic N) is 3. The van der Waals surface area contributed by atoms with E-state index in [0.29, 0.717) is 0 Å². The lowest BCUT2D eigenvalue weighted by molar-refractivity contribution is 1.17. The first-order valence-electron chi connectivity index (χ1n) is 6.68. The Balaban J connectivity index is 0.00000192. The highest BCUT2D eigenvalue weighted by Crippen LogP contribution is 2.30. The molecule has 1 heterocycles. The first kappa shape index (κ1) is 17.1. The Labute approximate surface area is 144 Å². The number of fused-ring (bicyclic) bond motifs is 1. The number of halogens is 1. The van der Waals surface area contributed by atoms with Crippen molar-refractivity contribution < 1.29 is 0 Å². The van der Waals surface area contributed by atoms with Gasteiger partial charge in [0.25, 0.3) is 5.95 Å². The second-order valence-electron chi connectivity index (χ2n) is 4.66. The number of hydrogen-bond donors (Lipinski definition) is 2. The summed E-state index contributed by atoms with van der Waals surface area (Å²) >= 11 is 1.68. The minimum atomic E-state index is -0.0564. The number of nitrogens with two attached hydrogens (primary N) is 2. The van der Waals surface area contributed by atoms with Crippen LogP contribution in [0.4, 0.5) is 5.95 Å². The second-order valence-corrected chi connectivity index (χ2v) is 5.54. The Hall–Kier alpha value is -2.31. The third kappa shape index (κ3) is 3.72. The average Bonchev–Trinajstić information content (AvgIpc) is 2.54. The van der Waals surface area contributed by atoms with Crippen LogP contribution in [0.25, 0.3) is 22.2 Å². The lowest BCUT2D eigenvalue weighted by Crippen LogP contribution is -2.22. The Kier molecular flexibility index (Phi) is 5.41. The van der Waals surface area contributed by atoms with Crippen LogP contribution in [0.15, 0.2) is 58.4 Å². The molecule has 0 spiro atoms. The predicted molar refractivity (Wildman–Crippen MR) is 99.5 cm³/mol. The zero-order valence-corrected chi connectivity index (χ0v) is 14.1. The van der Waals surface area contributed by atoms with Gasteiger partial charge in [0.05, 0.1) is 11.2 Å². The van der Waals surface area contributed by atoms with Crippen molar-refractivity contribution in [3.8, 4) is 11.3 Å². The van der Waals surface area contributed by atoms with Crippen LogP contribution < -0.4 is 11.5 Å². The molecule has 1 aromatic heterocycles. The fourth-order valence-corrected chi connectivity index (χ4v) is 2.64. The van der Waals surface area contributed by atoms with Crippen LogP contribution in [0.2, 0.25) is 0 Å². The molecule has 3 aromatic rings. The molecule has 0 saturated heterocycles. The van der Waals surface area contributed by atoms with Gasteiger partial charge in [-0.3, -0.25) is 0 Å². The number of benzene rings is 2. The van der Waals surface area contributed by atoms with Gasteiger partial charge in [-0.15, -0.1) is 24.2 Å². The quantitative estimate of drug-likeness (QED) is 0.431. The van der Waals surface area contributed by atoms with Gasteiger partial charge < -0.3 is 11.5 Å². The van der Waals surface area contributed by atoms with Crippen LogP contribution >= 0.6 is 24.2 Å². The summed E-state index contributed by atoms with van der Waals surface area (Å²) < 4.78 is 0. The van der Waals surface area contributed by atoms with Gasteiger partial charge in [-0.2, -0.15) is 4.99 Å². The van der Waals surface area contributed by atoms with E-state index in [1.807, 2.05) is 48.7 Å². The van der Waals surface area contributed by atoms with Crippen molar-refractivity contribution in [1.82, 2.24) is 9.97 Å². The van der Waals surface area contributed by atoms with Crippen molar-refractivity contribution in [2.45, 2.75) is 4.90 Å². The smallest absolute Gasteiger partial charge is 0.253 e. The van der Waals surface area contributed by atoms with Crippen molar-refractivity contribution >= 4 is 47.0 Å². The average molecular weight is 346 g/mol. The normalized spacial score (nSPS) is 10.1. The van der Waals surface area contributed by atoms with Crippen molar-refractivity contribution in [3.63, 3.8) is 0 Å². The molecule has 118 valence electrons. The summed E-state index contributed by atoms with van der Waals surface area (Å²) in [7, 11) is 0. The highest BCUT2D eigenvalue weighted by atomic mass is 35.5. The molecule has 4 N–H and O–H groups in total. The fraction of sp³-hybridized carbons (Fsp3) is 0.0625. The van der Waals surface area contributed by atoms with Crippen molar-refractivity contribution in [2.75, 3.05) is 6.26 Å². The summed E-state index contributed by atoms with van der Waals surface area (Å²) in [4.78, 5) is 14.1. The largest absolute Gasteiger partial charge is 0.370 e. The number of thioether (sulfide) groups is 1. The number of aromatic nitrogens is 2. The zero-order valence-electron chi connectivity index (χ0n) is 12.4. The molecule has 0 aliphatic rings. The summed E-state index contributed by atoms with van der Waals surface area (Å²) in [5.41, 5.74) is 13.5. The van der Waals surface area contributed by atoms with Crippen molar-refractivity contribution in [2.24, 2.45) is 16.5 Å². The molecule has 0 radical (unpaired) electrons. The second kappa shape index (κ2) is 7.30. The van der Waals surface area contributed by atoms with E-state index in [-0.39, 0.29) is 24.3 Å². The van der Waals surface area contributed by atoms with Gasteiger partial charge in [-0.25, -0.2) is 9.97 Å². The van der Waals surface area contributed by atoms with E-state index in [1.165, 1.54) is 0 Å². The molecule has 0 aliphatic heterocycles. The van der Waals surface area contributed by atoms with E-state index in [9.17, 15) is 0 Å². The number of rotatable bonds is 3. The van der Waals surface area contributed by atoms with Crippen LogP contribution in [-0.2, 0) is 0 Å². The molecule has 3 rings (SSSR count). The highest BCUT2D eigenvalue weighted by Gasteiger charge is 2.10. The van der Waals surface area contributed by atoms with E-state index >= 15 is 0 Å². The number of hydrogen-bond acceptors (Lipinski definition) is 4. The first-order valence-corrected chi connectivity index (χ1v) is 7.90. The Morgan fingerprint density at radius 3 is 2.43 bits per heavy atom. The van der Waals surface area contributed by atoms with Gasteiger partial charge in [0.2, 0.25) is 0 Å². The minimum Gasteiger partial charge on any atom is -0.370 e. The molecule has 0 aliphatic carbocycles. The molecule has 23 heavy (non-hydrogen) atoms. The number of aliphatic imine (C=N–C) groups is 1. The third-order valence-electron chi connectivity index (χ3n) is 3.17. The molecule has 0 saturated carbocycles. The molecule has 0 bridgehead atoms. The molecule has 0 unspecified atom stereocenters. The van der Waals surface area contributed by atoms with E-state index < -0.39 is 0 Å². The van der Waals surface area contributed by atoms with Crippen LogP contribution in [-0.4, -0.2) is 22.2 Å². The van der Waals surface area contributed by atoms with Gasteiger partial charge in [0.15, 0.2) is 5.96 Å². The van der Waals surface area contributed by atoms with E-state index in [0.717, 1.165) is 27.1 Å². The van der Waals surface area contributed by atoms with Crippen molar-refractivity contribution in [3.05, 3.63) is 48.5 Å². The van der Waals surface area contributed by atoms with Gasteiger partial charge in [0, 0.05) is 15.8 Å².